The first-order chi connectivity index (χ1) is 6.09. The van der Waals surface area contributed by atoms with Gasteiger partial charge in [0.05, 0.1) is 5.69 Å². The Labute approximate surface area is 75.9 Å². The largest absolute Gasteiger partial charge is 0.366 e. The van der Waals surface area contributed by atoms with E-state index in [2.05, 4.69) is 4.36 Å². The van der Waals surface area contributed by atoms with Crippen molar-refractivity contribution in [3.63, 3.8) is 0 Å². The summed E-state index contributed by atoms with van der Waals surface area (Å²) >= 11 is 0. The molecule has 0 fully saturated rings. The first-order valence-electron chi connectivity index (χ1n) is 3.30. The number of nitrogens with zero attached hydrogens (tertiary/aromatic N) is 1. The van der Waals surface area contributed by atoms with Gasteiger partial charge in [-0.3, -0.25) is 4.79 Å². The summed E-state index contributed by atoms with van der Waals surface area (Å²) in [4.78, 5) is 10.6. The molecule has 1 amide bonds. The Balaban J connectivity index is 3.07. The van der Waals surface area contributed by atoms with Gasteiger partial charge in [-0.15, -0.1) is 4.36 Å². The maximum Gasteiger partial charge on any atom is 0.316 e. The second-order valence-electron chi connectivity index (χ2n) is 2.22. The molecule has 1 aromatic carbocycles. The lowest BCUT2D eigenvalue weighted by Crippen LogP contribution is -2.10. The molecule has 0 spiro atoms. The minimum Gasteiger partial charge on any atom is -0.366 e. The first-order valence-corrected chi connectivity index (χ1v) is 4.34. The van der Waals surface area contributed by atoms with Gasteiger partial charge in [-0.05, 0) is 24.3 Å². The van der Waals surface area contributed by atoms with Crippen LogP contribution in [0.3, 0.4) is 0 Å². The molecule has 0 atom stereocenters. The van der Waals surface area contributed by atoms with Gasteiger partial charge >= 0.3 is 10.5 Å². The normalized spacial score (nSPS) is 9.23. The number of amides is 1. The van der Waals surface area contributed by atoms with E-state index >= 15 is 0 Å². The highest BCUT2D eigenvalue weighted by Crippen LogP contribution is 2.11. The third kappa shape index (κ3) is 2.68. The number of hydrogen-bond acceptors (Lipinski definition) is 4. The average molecular weight is 198 g/mol. The molecule has 2 N–H and O–H groups in total. The number of carbonyl (C=O) groups excluding carboxylic acids is 1. The molecular formula is C7H6N2O3S. The van der Waals surface area contributed by atoms with E-state index in [4.69, 9.17) is 5.73 Å². The predicted molar refractivity (Wildman–Crippen MR) is 46.0 cm³/mol. The first kappa shape index (κ1) is 9.40. The molecule has 0 bridgehead atoms. The minimum absolute atomic E-state index is 0.262. The fourth-order valence-electron chi connectivity index (χ4n) is 0.773. The van der Waals surface area contributed by atoms with Crippen LogP contribution in [-0.2, 0) is 10.5 Å². The van der Waals surface area contributed by atoms with E-state index in [1.807, 2.05) is 0 Å². The third-order valence-electron chi connectivity index (χ3n) is 1.33. The maximum absolute atomic E-state index is 10.6. The summed E-state index contributed by atoms with van der Waals surface area (Å²) in [5.41, 5.74) is 5.55. The SMILES string of the molecule is NC(=O)c1ccc(N=S(=O)=O)cc1. The lowest BCUT2D eigenvalue weighted by molar-refractivity contribution is 0.100. The van der Waals surface area contributed by atoms with Crippen molar-refractivity contribution < 1.29 is 13.2 Å². The maximum atomic E-state index is 10.6. The van der Waals surface area contributed by atoms with Gasteiger partial charge in [0.2, 0.25) is 5.91 Å². The highest BCUT2D eigenvalue weighted by Gasteiger charge is 1.98. The van der Waals surface area contributed by atoms with E-state index in [9.17, 15) is 13.2 Å². The standard InChI is InChI=1S/C7H6N2O3S/c8-7(10)5-1-3-6(4-2-5)9-13(11)12/h1-4H,(H2,8,10). The zero-order valence-electron chi connectivity index (χ0n) is 6.47. The van der Waals surface area contributed by atoms with E-state index in [0.29, 0.717) is 5.56 Å². The van der Waals surface area contributed by atoms with E-state index < -0.39 is 16.4 Å². The van der Waals surface area contributed by atoms with Gasteiger partial charge in [0.25, 0.3) is 0 Å². The molecule has 0 aliphatic carbocycles. The second kappa shape index (κ2) is 3.81. The van der Waals surface area contributed by atoms with E-state index in [-0.39, 0.29) is 5.69 Å². The molecule has 0 unspecified atom stereocenters. The van der Waals surface area contributed by atoms with Crippen LogP contribution >= 0.6 is 0 Å². The summed E-state index contributed by atoms with van der Waals surface area (Å²) in [5.74, 6) is -0.560. The summed E-state index contributed by atoms with van der Waals surface area (Å²) in [6.07, 6.45) is 0. The van der Waals surface area contributed by atoms with Crippen LogP contribution in [0, 0.1) is 0 Å². The van der Waals surface area contributed by atoms with Gasteiger partial charge in [-0.25, -0.2) is 0 Å². The molecule has 68 valence electrons. The number of primary amides is 1. The molecule has 0 aliphatic rings. The summed E-state index contributed by atoms with van der Waals surface area (Å²) in [6.45, 7) is 0. The monoisotopic (exact) mass is 198 g/mol. The van der Waals surface area contributed by atoms with Crippen molar-refractivity contribution in [1.29, 1.82) is 0 Å². The molecule has 5 nitrogen and oxygen atoms in total. The molecule has 0 saturated carbocycles. The molecule has 0 radical (unpaired) electrons. The summed E-state index contributed by atoms with van der Waals surface area (Å²) in [6, 6.07) is 5.62. The Bertz CT molecular complexity index is 439. The van der Waals surface area contributed by atoms with Gasteiger partial charge in [-0.2, -0.15) is 8.42 Å². The molecule has 0 heterocycles. The molecular weight excluding hydrogens is 192 g/mol. The zero-order valence-corrected chi connectivity index (χ0v) is 7.28. The van der Waals surface area contributed by atoms with Crippen LogP contribution in [0.1, 0.15) is 10.4 Å². The van der Waals surface area contributed by atoms with Crippen LogP contribution in [0.2, 0.25) is 0 Å². The molecule has 0 aromatic heterocycles. The highest BCUT2D eigenvalue weighted by atomic mass is 32.2. The van der Waals surface area contributed by atoms with Crippen LogP contribution in [0.15, 0.2) is 28.6 Å². The topological polar surface area (TPSA) is 89.6 Å². The van der Waals surface area contributed by atoms with Gasteiger partial charge in [0.15, 0.2) is 0 Å². The second-order valence-corrected chi connectivity index (χ2v) is 2.84. The van der Waals surface area contributed by atoms with Gasteiger partial charge in [0, 0.05) is 5.56 Å². The molecule has 6 heteroatoms. The van der Waals surface area contributed by atoms with Gasteiger partial charge < -0.3 is 5.73 Å². The Morgan fingerprint density at radius 3 is 2.15 bits per heavy atom. The van der Waals surface area contributed by atoms with Crippen molar-refractivity contribution in [2.24, 2.45) is 10.1 Å². The minimum atomic E-state index is -2.48. The summed E-state index contributed by atoms with van der Waals surface area (Å²) in [7, 11) is -2.48. The fourth-order valence-corrected chi connectivity index (χ4v) is 1.07. The van der Waals surface area contributed by atoms with Crippen molar-refractivity contribution in [1.82, 2.24) is 0 Å². The van der Waals surface area contributed by atoms with Crippen LogP contribution < -0.4 is 5.73 Å². The van der Waals surface area contributed by atoms with Crippen molar-refractivity contribution in [2.75, 3.05) is 0 Å². The highest BCUT2D eigenvalue weighted by molar-refractivity contribution is 7.61. The predicted octanol–water partition coefficient (Wildman–Crippen LogP) is 0.480. The molecule has 1 rings (SSSR count). The van der Waals surface area contributed by atoms with Crippen LogP contribution in [0.25, 0.3) is 0 Å². The smallest absolute Gasteiger partial charge is 0.316 e. The Hall–Kier alpha value is -1.69. The number of hydrogen-bond donors (Lipinski definition) is 1. The van der Waals surface area contributed by atoms with E-state index in [0.717, 1.165) is 0 Å². The quantitative estimate of drug-likeness (QED) is 0.749. The molecule has 0 aliphatic heterocycles. The van der Waals surface area contributed by atoms with Crippen LogP contribution in [0.4, 0.5) is 5.69 Å². The molecule has 13 heavy (non-hydrogen) atoms. The Morgan fingerprint density at radius 2 is 1.77 bits per heavy atom. The van der Waals surface area contributed by atoms with Gasteiger partial charge in [0.1, 0.15) is 0 Å². The van der Waals surface area contributed by atoms with Crippen molar-refractivity contribution in [3.8, 4) is 0 Å². The van der Waals surface area contributed by atoms with Crippen LogP contribution in [-0.4, -0.2) is 14.3 Å². The number of benzene rings is 1. The molecule has 0 saturated heterocycles. The Morgan fingerprint density at radius 1 is 1.23 bits per heavy atom. The zero-order chi connectivity index (χ0) is 9.84. The van der Waals surface area contributed by atoms with Gasteiger partial charge in [-0.1, -0.05) is 0 Å². The van der Waals surface area contributed by atoms with Crippen LogP contribution in [0.5, 0.6) is 0 Å². The van der Waals surface area contributed by atoms with E-state index in [1.165, 1.54) is 24.3 Å². The number of carbonyl (C=O) groups is 1. The average Bonchev–Trinajstić information content (AvgIpc) is 2.04. The van der Waals surface area contributed by atoms with E-state index in [1.54, 1.807) is 0 Å². The number of nitrogens with two attached hydrogens (primary N) is 1. The lowest BCUT2D eigenvalue weighted by Gasteiger charge is -1.93. The van der Waals surface area contributed by atoms with Crippen molar-refractivity contribution >= 4 is 22.1 Å². The number of rotatable bonds is 2. The Kier molecular flexibility index (Phi) is 2.76. The molecule has 1 aromatic rings. The summed E-state index contributed by atoms with van der Waals surface area (Å²) in [5, 5.41) is 0. The lowest BCUT2D eigenvalue weighted by atomic mass is 10.2. The van der Waals surface area contributed by atoms with Crippen molar-refractivity contribution in [3.05, 3.63) is 29.8 Å². The summed E-state index contributed by atoms with van der Waals surface area (Å²) < 4.78 is 23.5. The van der Waals surface area contributed by atoms with Crippen molar-refractivity contribution in [2.45, 2.75) is 0 Å². The fraction of sp³-hybridized carbons (Fsp3) is 0. The third-order valence-corrected chi connectivity index (χ3v) is 1.69.